The second-order valence-corrected chi connectivity index (χ2v) is 13.0. The van der Waals surface area contributed by atoms with Crippen LogP contribution in [0.25, 0.3) is 15.5 Å². The first kappa shape index (κ1) is 40.5. The third kappa shape index (κ3) is 16.7. The molecule has 0 spiro atoms. The van der Waals surface area contributed by atoms with E-state index in [-0.39, 0.29) is 34.5 Å². The van der Waals surface area contributed by atoms with Crippen LogP contribution in [0.2, 0.25) is 0 Å². The molecular weight excluding hydrogens is 606 g/mol. The topological polar surface area (TPSA) is 70.4 Å². The molecule has 0 bridgehead atoms. The van der Waals surface area contributed by atoms with Crippen LogP contribution in [-0.2, 0) is 16.4 Å². The van der Waals surface area contributed by atoms with Gasteiger partial charge in [-0.2, -0.15) is 0 Å². The molecule has 0 aliphatic carbocycles. The van der Waals surface area contributed by atoms with Gasteiger partial charge in [0.2, 0.25) is 0 Å². The number of benzene rings is 2. The van der Waals surface area contributed by atoms with Gasteiger partial charge in [0, 0.05) is 16.7 Å². The van der Waals surface area contributed by atoms with Crippen molar-refractivity contribution in [3.05, 3.63) is 82.2 Å². The molecule has 44 heavy (non-hydrogen) atoms. The number of pyridine rings is 1. The van der Waals surface area contributed by atoms with Crippen molar-refractivity contribution in [2.45, 2.75) is 115 Å². The van der Waals surface area contributed by atoms with E-state index in [9.17, 15) is 12.8 Å². The number of hydrogen-bond acceptors (Lipinski definition) is 4. The molecule has 0 saturated carbocycles. The molecule has 0 fully saturated rings. The van der Waals surface area contributed by atoms with E-state index in [2.05, 4.69) is 41.3 Å². The van der Waals surface area contributed by atoms with E-state index in [1.54, 1.807) is 12.1 Å². The maximum atomic E-state index is 14.0. The first-order valence-corrected chi connectivity index (χ1v) is 17.5. The van der Waals surface area contributed by atoms with Gasteiger partial charge < -0.3 is 8.98 Å². The molecule has 1 unspecified atom stereocenters. The zero-order valence-electron chi connectivity index (χ0n) is 27.1. The molecule has 3 aromatic rings. The van der Waals surface area contributed by atoms with Crippen LogP contribution >= 0.6 is 11.8 Å². The van der Waals surface area contributed by atoms with Crippen molar-refractivity contribution in [1.82, 2.24) is 4.98 Å². The second kappa shape index (κ2) is 23.8. The summed E-state index contributed by atoms with van der Waals surface area (Å²) in [4.78, 5) is 4.70. The van der Waals surface area contributed by atoms with Crippen LogP contribution in [-0.4, -0.2) is 26.2 Å². The van der Waals surface area contributed by atoms with Crippen LogP contribution in [0.15, 0.2) is 71.8 Å². The Bertz CT molecular complexity index is 1240. The molecule has 1 aromatic heterocycles. The van der Waals surface area contributed by atoms with Gasteiger partial charge in [-0.1, -0.05) is 95.4 Å². The number of rotatable bonds is 19. The van der Waals surface area contributed by atoms with Crippen molar-refractivity contribution in [2.75, 3.05) is 6.61 Å². The SMILES string of the molecule is CCCCCCCCOc1ccc(-c2ccc(CCC(F)CCCCCC)cn2)cc1.Cc1ccc(S(=O)(=O)[N-]Cl)cc1.[Na+]. The number of hydrogen-bond donors (Lipinski definition) is 0. The summed E-state index contributed by atoms with van der Waals surface area (Å²) in [5, 5.41) is 0. The molecule has 2 aromatic carbocycles. The van der Waals surface area contributed by atoms with Gasteiger partial charge in [0.25, 0.3) is 0 Å². The van der Waals surface area contributed by atoms with Crippen LogP contribution in [0.3, 0.4) is 0 Å². The molecule has 0 aliphatic rings. The Kier molecular flexibility index (Phi) is 21.9. The molecule has 0 amide bonds. The van der Waals surface area contributed by atoms with Crippen LogP contribution in [0.5, 0.6) is 5.75 Å². The minimum absolute atomic E-state index is 0. The summed E-state index contributed by atoms with van der Waals surface area (Å²) in [6.45, 7) is 7.08. The second-order valence-electron chi connectivity index (χ2n) is 11.0. The van der Waals surface area contributed by atoms with E-state index >= 15 is 0 Å². The van der Waals surface area contributed by atoms with Gasteiger partial charge in [-0.15, -0.1) is 0 Å². The Balaban J connectivity index is 0.000000624. The quantitative estimate of drug-likeness (QED) is 0.0972. The Labute approximate surface area is 293 Å². The standard InChI is InChI=1S/C28H42FNO.C7H7ClNO2S.Na/c1-3-5-7-9-10-12-22-31-27-19-16-25(17-20-27)28-21-15-24(23-30-28)14-18-26(29)13-11-8-6-4-2;1-6-2-4-7(5-3-6)12(10,11)9-8;/h15-17,19-21,23,26H,3-14,18,22H2,1-2H3;2-5H,1H3;/q;-1;+1. The summed E-state index contributed by atoms with van der Waals surface area (Å²) in [5.41, 5.74) is 4.13. The van der Waals surface area contributed by atoms with Gasteiger partial charge in [0.1, 0.15) is 21.9 Å². The van der Waals surface area contributed by atoms with Crippen molar-refractivity contribution >= 4 is 21.8 Å². The summed E-state index contributed by atoms with van der Waals surface area (Å²) >= 11 is 4.90. The van der Waals surface area contributed by atoms with Crippen molar-refractivity contribution in [3.63, 3.8) is 0 Å². The Morgan fingerprint density at radius 3 is 2.02 bits per heavy atom. The van der Waals surface area contributed by atoms with Crippen LogP contribution in [0, 0.1) is 6.92 Å². The predicted octanol–water partition coefficient (Wildman–Crippen LogP) is 7.94. The molecule has 1 heterocycles. The van der Waals surface area contributed by atoms with Crippen LogP contribution in [0.1, 0.15) is 102 Å². The molecule has 3 rings (SSSR count). The Morgan fingerprint density at radius 2 is 1.43 bits per heavy atom. The van der Waals surface area contributed by atoms with E-state index in [1.165, 1.54) is 57.1 Å². The number of ether oxygens (including phenoxy) is 1. The number of aromatic nitrogens is 1. The zero-order chi connectivity index (χ0) is 31.3. The van der Waals surface area contributed by atoms with E-state index < -0.39 is 16.2 Å². The summed E-state index contributed by atoms with van der Waals surface area (Å²) in [6.07, 6.45) is 15.4. The fourth-order valence-electron chi connectivity index (χ4n) is 4.55. The first-order chi connectivity index (χ1) is 20.8. The van der Waals surface area contributed by atoms with Gasteiger partial charge in [-0.25, -0.2) is 12.8 Å². The number of aryl methyl sites for hydroxylation is 2. The summed E-state index contributed by atoms with van der Waals surface area (Å²) < 4.78 is 44.7. The van der Waals surface area contributed by atoms with Crippen molar-refractivity contribution in [1.29, 1.82) is 0 Å². The third-order valence-corrected chi connectivity index (χ3v) is 8.86. The van der Waals surface area contributed by atoms with Gasteiger partial charge in [-0.05, 0) is 80.6 Å². The van der Waals surface area contributed by atoms with Gasteiger partial charge in [0.15, 0.2) is 0 Å². The molecule has 5 nitrogen and oxygen atoms in total. The number of nitrogens with zero attached hydrogens (tertiary/aromatic N) is 2. The summed E-state index contributed by atoms with van der Waals surface area (Å²) in [6, 6.07) is 18.6. The fraction of sp³-hybridized carbons (Fsp3) is 0.514. The molecule has 1 atom stereocenters. The maximum Gasteiger partial charge on any atom is 1.00 e. The van der Waals surface area contributed by atoms with E-state index in [1.807, 2.05) is 31.3 Å². The van der Waals surface area contributed by atoms with Crippen LogP contribution in [0.4, 0.5) is 4.39 Å². The number of alkyl halides is 1. The minimum atomic E-state index is -3.62. The zero-order valence-corrected chi connectivity index (χ0v) is 30.7. The maximum absolute atomic E-state index is 14.0. The molecule has 0 radical (unpaired) electrons. The molecule has 9 heteroatoms. The van der Waals surface area contributed by atoms with Gasteiger partial charge >= 0.3 is 29.6 Å². The van der Waals surface area contributed by atoms with E-state index in [0.29, 0.717) is 12.8 Å². The minimum Gasteiger partial charge on any atom is -0.494 e. The van der Waals surface area contributed by atoms with Gasteiger partial charge in [0.05, 0.1) is 12.3 Å². The van der Waals surface area contributed by atoms with Crippen LogP contribution < -0.4 is 34.3 Å². The first-order valence-electron chi connectivity index (χ1n) is 15.8. The van der Waals surface area contributed by atoms with Crippen molar-refractivity contribution in [2.24, 2.45) is 0 Å². The van der Waals surface area contributed by atoms with Crippen molar-refractivity contribution in [3.8, 4) is 17.0 Å². The smallest absolute Gasteiger partial charge is 0.494 e. The third-order valence-electron chi connectivity index (χ3n) is 7.27. The Hall–Kier alpha value is -1.48. The number of unbranched alkanes of at least 4 members (excludes halogenated alkanes) is 8. The van der Waals surface area contributed by atoms with E-state index in [0.717, 1.165) is 60.4 Å². The molecule has 0 aliphatic heterocycles. The van der Waals surface area contributed by atoms with E-state index in [4.69, 9.17) is 16.5 Å². The molecular formula is C35H49ClFN2NaO3S. The molecule has 238 valence electrons. The monoisotopic (exact) mass is 654 g/mol. The Morgan fingerprint density at radius 1 is 0.818 bits per heavy atom. The predicted molar refractivity (Wildman–Crippen MR) is 178 cm³/mol. The summed E-state index contributed by atoms with van der Waals surface area (Å²) in [7, 11) is -3.62. The normalized spacial score (nSPS) is 11.7. The fourth-order valence-corrected chi connectivity index (χ4v) is 5.35. The number of sulfonamides is 1. The largest absolute Gasteiger partial charge is 1.00 e. The molecule has 0 N–H and O–H groups in total. The average Bonchev–Trinajstić information content (AvgIpc) is 3.03. The average molecular weight is 655 g/mol. The summed E-state index contributed by atoms with van der Waals surface area (Å²) in [5.74, 6) is 0.918. The van der Waals surface area contributed by atoms with Crippen molar-refractivity contribution < 1.29 is 47.1 Å². The number of halogens is 2. The van der Waals surface area contributed by atoms with Gasteiger partial charge in [-0.3, -0.25) is 16.8 Å². The molecule has 0 saturated heterocycles.